The molecule has 0 bridgehead atoms. The maximum atomic E-state index is 11.1. The highest BCUT2D eigenvalue weighted by Crippen LogP contribution is 2.32. The van der Waals surface area contributed by atoms with Crippen LogP contribution in [0.2, 0.25) is 5.02 Å². The molecule has 1 saturated heterocycles. The van der Waals surface area contributed by atoms with Crippen molar-refractivity contribution in [2.45, 2.75) is 12.8 Å². The second-order valence-corrected chi connectivity index (χ2v) is 5.09. The third-order valence-electron chi connectivity index (χ3n) is 3.48. The van der Waals surface area contributed by atoms with Gasteiger partial charge in [-0.25, -0.2) is 0 Å². The summed E-state index contributed by atoms with van der Waals surface area (Å²) in [6.45, 7) is 2.67. The van der Waals surface area contributed by atoms with Gasteiger partial charge >= 0.3 is 0 Å². The van der Waals surface area contributed by atoms with Crippen LogP contribution in [0, 0.1) is 5.92 Å². The van der Waals surface area contributed by atoms with Crippen molar-refractivity contribution in [3.05, 3.63) is 28.8 Å². The second kappa shape index (κ2) is 6.21. The molecule has 18 heavy (non-hydrogen) atoms. The van der Waals surface area contributed by atoms with Crippen LogP contribution in [0.25, 0.3) is 0 Å². The van der Waals surface area contributed by atoms with Gasteiger partial charge in [0.2, 0.25) is 0 Å². The molecule has 4 heteroatoms. The topological polar surface area (TPSA) is 29.5 Å². The predicted octanol–water partition coefficient (Wildman–Crippen LogP) is 3.02. The monoisotopic (exact) mass is 267 g/mol. The highest BCUT2D eigenvalue weighted by molar-refractivity contribution is 6.33. The van der Waals surface area contributed by atoms with Crippen molar-refractivity contribution in [2.75, 3.05) is 31.7 Å². The number of aldehydes is 1. The van der Waals surface area contributed by atoms with Gasteiger partial charge in [0.15, 0.2) is 6.29 Å². The SMILES string of the molecule is COCC1CCN(c2c(Cl)cccc2C=O)CC1. The predicted molar refractivity (Wildman–Crippen MR) is 73.7 cm³/mol. The summed E-state index contributed by atoms with van der Waals surface area (Å²) in [4.78, 5) is 13.3. The lowest BCUT2D eigenvalue weighted by Gasteiger charge is -2.34. The second-order valence-electron chi connectivity index (χ2n) is 4.68. The number of ether oxygens (including phenoxy) is 1. The molecule has 0 spiro atoms. The molecule has 0 unspecified atom stereocenters. The van der Waals surface area contributed by atoms with Crippen molar-refractivity contribution in [1.82, 2.24) is 0 Å². The van der Waals surface area contributed by atoms with Crippen LogP contribution in [0.4, 0.5) is 5.69 Å². The lowest BCUT2D eigenvalue weighted by atomic mass is 9.97. The van der Waals surface area contributed by atoms with E-state index < -0.39 is 0 Å². The minimum Gasteiger partial charge on any atom is -0.384 e. The van der Waals surface area contributed by atoms with Crippen molar-refractivity contribution < 1.29 is 9.53 Å². The normalized spacial score (nSPS) is 16.9. The molecule has 1 aromatic carbocycles. The smallest absolute Gasteiger partial charge is 0.152 e. The van der Waals surface area contributed by atoms with E-state index in [1.165, 1.54) is 0 Å². The molecule has 1 aliphatic heterocycles. The Bertz CT molecular complexity index is 414. The van der Waals surface area contributed by atoms with Gasteiger partial charge in [-0.2, -0.15) is 0 Å². The minimum absolute atomic E-state index is 0.619. The summed E-state index contributed by atoms with van der Waals surface area (Å²) < 4.78 is 5.19. The molecular formula is C14H18ClNO2. The summed E-state index contributed by atoms with van der Waals surface area (Å²) in [5.74, 6) is 0.619. The maximum Gasteiger partial charge on any atom is 0.152 e. The Morgan fingerprint density at radius 1 is 1.44 bits per heavy atom. The van der Waals surface area contributed by atoms with Crippen molar-refractivity contribution in [2.24, 2.45) is 5.92 Å². The van der Waals surface area contributed by atoms with Crippen LogP contribution in [0.3, 0.4) is 0 Å². The fourth-order valence-electron chi connectivity index (χ4n) is 2.52. The first-order chi connectivity index (χ1) is 8.76. The number of piperidine rings is 1. The zero-order valence-corrected chi connectivity index (χ0v) is 11.3. The number of nitrogens with zero attached hydrogens (tertiary/aromatic N) is 1. The van der Waals surface area contributed by atoms with Gasteiger partial charge < -0.3 is 9.64 Å². The molecule has 0 saturated carbocycles. The molecule has 1 heterocycles. The summed E-state index contributed by atoms with van der Waals surface area (Å²) in [7, 11) is 1.74. The van der Waals surface area contributed by atoms with Gasteiger partial charge in [0.25, 0.3) is 0 Å². The van der Waals surface area contributed by atoms with Crippen molar-refractivity contribution in [1.29, 1.82) is 0 Å². The fraction of sp³-hybridized carbons (Fsp3) is 0.500. The fourth-order valence-corrected chi connectivity index (χ4v) is 2.82. The largest absolute Gasteiger partial charge is 0.384 e. The van der Waals surface area contributed by atoms with E-state index in [1.54, 1.807) is 7.11 Å². The molecule has 98 valence electrons. The highest BCUT2D eigenvalue weighted by Gasteiger charge is 2.22. The molecule has 0 amide bonds. The summed E-state index contributed by atoms with van der Waals surface area (Å²) >= 11 is 6.21. The number of carbonyl (C=O) groups is 1. The van der Waals surface area contributed by atoms with E-state index in [4.69, 9.17) is 16.3 Å². The maximum absolute atomic E-state index is 11.1. The van der Waals surface area contributed by atoms with Crippen LogP contribution in [0.15, 0.2) is 18.2 Å². The molecule has 2 rings (SSSR count). The third-order valence-corrected chi connectivity index (χ3v) is 3.78. The van der Waals surface area contributed by atoms with E-state index in [0.717, 1.165) is 44.5 Å². The Balaban J connectivity index is 2.12. The van der Waals surface area contributed by atoms with Crippen LogP contribution < -0.4 is 4.90 Å². The Morgan fingerprint density at radius 3 is 2.78 bits per heavy atom. The Kier molecular flexibility index (Phi) is 4.61. The lowest BCUT2D eigenvalue weighted by Crippen LogP contribution is -2.35. The molecule has 0 atom stereocenters. The van der Waals surface area contributed by atoms with Gasteiger partial charge in [0.1, 0.15) is 0 Å². The van der Waals surface area contributed by atoms with Crippen molar-refractivity contribution in [3.63, 3.8) is 0 Å². The number of hydrogen-bond acceptors (Lipinski definition) is 3. The van der Waals surface area contributed by atoms with E-state index in [1.807, 2.05) is 18.2 Å². The lowest BCUT2D eigenvalue weighted by molar-refractivity contribution is 0.112. The quantitative estimate of drug-likeness (QED) is 0.786. The van der Waals surface area contributed by atoms with E-state index >= 15 is 0 Å². The van der Waals surface area contributed by atoms with Gasteiger partial charge in [0.05, 0.1) is 10.7 Å². The number of hydrogen-bond donors (Lipinski definition) is 0. The number of para-hydroxylation sites is 1. The van der Waals surface area contributed by atoms with E-state index in [9.17, 15) is 4.79 Å². The molecule has 0 aliphatic carbocycles. The van der Waals surface area contributed by atoms with Crippen LogP contribution in [0.1, 0.15) is 23.2 Å². The van der Waals surface area contributed by atoms with Gasteiger partial charge in [-0.3, -0.25) is 4.79 Å². The number of rotatable bonds is 4. The van der Waals surface area contributed by atoms with Crippen LogP contribution in [-0.4, -0.2) is 33.1 Å². The zero-order valence-electron chi connectivity index (χ0n) is 10.6. The summed E-state index contributed by atoms with van der Waals surface area (Å²) in [6, 6.07) is 5.47. The van der Waals surface area contributed by atoms with E-state index in [2.05, 4.69) is 4.90 Å². The number of benzene rings is 1. The molecule has 1 fully saturated rings. The van der Waals surface area contributed by atoms with Gasteiger partial charge in [-0.1, -0.05) is 17.7 Å². The molecule has 3 nitrogen and oxygen atoms in total. The van der Waals surface area contributed by atoms with Gasteiger partial charge in [0, 0.05) is 32.4 Å². The van der Waals surface area contributed by atoms with E-state index in [-0.39, 0.29) is 0 Å². The average Bonchev–Trinajstić information content (AvgIpc) is 2.40. The van der Waals surface area contributed by atoms with Crippen LogP contribution in [-0.2, 0) is 4.74 Å². The van der Waals surface area contributed by atoms with Gasteiger partial charge in [-0.05, 0) is 30.9 Å². The molecule has 0 N–H and O–H groups in total. The van der Waals surface area contributed by atoms with Crippen LogP contribution in [0.5, 0.6) is 0 Å². The van der Waals surface area contributed by atoms with E-state index in [0.29, 0.717) is 16.5 Å². The Labute approximate surface area is 113 Å². The first-order valence-corrected chi connectivity index (χ1v) is 6.61. The van der Waals surface area contributed by atoms with Gasteiger partial charge in [-0.15, -0.1) is 0 Å². The summed E-state index contributed by atoms with van der Waals surface area (Å²) in [5.41, 5.74) is 1.55. The van der Waals surface area contributed by atoms with Crippen LogP contribution >= 0.6 is 11.6 Å². The Hall–Kier alpha value is -1.06. The highest BCUT2D eigenvalue weighted by atomic mass is 35.5. The number of methoxy groups -OCH3 is 1. The third kappa shape index (κ3) is 2.85. The Morgan fingerprint density at radius 2 is 2.17 bits per heavy atom. The summed E-state index contributed by atoms with van der Waals surface area (Å²) in [5, 5.41) is 0.657. The summed E-state index contributed by atoms with van der Waals surface area (Å²) in [6.07, 6.45) is 3.04. The standard InChI is InChI=1S/C14H18ClNO2/c1-18-10-11-5-7-16(8-6-11)14-12(9-17)3-2-4-13(14)15/h2-4,9,11H,5-8,10H2,1H3. The molecule has 0 aromatic heterocycles. The molecular weight excluding hydrogens is 250 g/mol. The van der Waals surface area contributed by atoms with Crippen molar-refractivity contribution in [3.8, 4) is 0 Å². The first-order valence-electron chi connectivity index (χ1n) is 6.24. The molecule has 0 radical (unpaired) electrons. The van der Waals surface area contributed by atoms with Crippen molar-refractivity contribution >= 4 is 23.6 Å². The molecule has 1 aromatic rings. The first kappa shape index (κ1) is 13.4. The minimum atomic E-state index is 0.619. The number of anilines is 1. The molecule has 1 aliphatic rings. The zero-order chi connectivity index (χ0) is 13.0. The number of halogens is 1. The number of carbonyl (C=O) groups excluding carboxylic acids is 1. The average molecular weight is 268 g/mol.